The molecule has 100 valence electrons. The third-order valence-corrected chi connectivity index (χ3v) is 2.72. The van der Waals surface area contributed by atoms with Crippen LogP contribution in [0, 0.1) is 21.7 Å². The van der Waals surface area contributed by atoms with Crippen molar-refractivity contribution in [1.82, 2.24) is 0 Å². The first-order valence-corrected chi connectivity index (χ1v) is 5.89. The largest absolute Gasteiger partial charge is 0.378 e. The summed E-state index contributed by atoms with van der Waals surface area (Å²) < 4.78 is 27.2. The molecule has 0 amide bonds. The molecule has 0 saturated carbocycles. The van der Waals surface area contributed by atoms with E-state index in [0.717, 1.165) is 31.4 Å². The van der Waals surface area contributed by atoms with Crippen molar-refractivity contribution in [3.8, 4) is 0 Å². The van der Waals surface area contributed by atoms with Crippen molar-refractivity contribution in [2.24, 2.45) is 0 Å². The number of nitro groups is 1. The van der Waals surface area contributed by atoms with Gasteiger partial charge in [-0.3, -0.25) is 10.1 Å². The second-order valence-electron chi connectivity index (χ2n) is 4.08. The maximum absolute atomic E-state index is 13.6. The quantitative estimate of drug-likeness (QED) is 0.622. The number of rotatable bonds is 6. The van der Waals surface area contributed by atoms with E-state index in [1.807, 2.05) is 13.8 Å². The van der Waals surface area contributed by atoms with Crippen LogP contribution < -0.4 is 5.32 Å². The van der Waals surface area contributed by atoms with E-state index in [1.54, 1.807) is 0 Å². The topological polar surface area (TPSA) is 55.2 Å². The van der Waals surface area contributed by atoms with Crippen LogP contribution in [0.15, 0.2) is 12.1 Å². The van der Waals surface area contributed by atoms with Crippen molar-refractivity contribution in [3.05, 3.63) is 33.9 Å². The zero-order valence-electron chi connectivity index (χ0n) is 10.4. The fourth-order valence-electron chi connectivity index (χ4n) is 1.73. The van der Waals surface area contributed by atoms with Gasteiger partial charge < -0.3 is 5.32 Å². The molecule has 1 aromatic rings. The smallest absolute Gasteiger partial charge is 0.275 e. The fourth-order valence-corrected chi connectivity index (χ4v) is 1.73. The molecule has 1 rings (SSSR count). The number of hydrogen-bond donors (Lipinski definition) is 1. The minimum Gasteiger partial charge on any atom is -0.378 e. The van der Waals surface area contributed by atoms with E-state index in [-0.39, 0.29) is 11.7 Å². The first-order chi connectivity index (χ1) is 8.49. The molecule has 0 fully saturated rings. The molecule has 0 aliphatic rings. The molecule has 0 aromatic heterocycles. The van der Waals surface area contributed by atoms with Gasteiger partial charge in [0.15, 0.2) is 11.6 Å². The summed E-state index contributed by atoms with van der Waals surface area (Å²) in [5, 5.41) is 13.2. The van der Waals surface area contributed by atoms with Crippen LogP contribution in [0.3, 0.4) is 0 Å². The normalized spacial score (nSPS) is 12.2. The number of nitrogens with zero attached hydrogens (tertiary/aromatic N) is 1. The van der Waals surface area contributed by atoms with Crippen molar-refractivity contribution in [1.29, 1.82) is 0 Å². The van der Waals surface area contributed by atoms with E-state index in [9.17, 15) is 18.9 Å². The van der Waals surface area contributed by atoms with Crippen LogP contribution in [0.2, 0.25) is 0 Å². The first kappa shape index (κ1) is 14.3. The fraction of sp³-hybridized carbons (Fsp3) is 0.500. The van der Waals surface area contributed by atoms with Crippen molar-refractivity contribution in [2.75, 3.05) is 5.32 Å². The van der Waals surface area contributed by atoms with Gasteiger partial charge in [0, 0.05) is 6.04 Å². The van der Waals surface area contributed by atoms with Crippen LogP contribution in [0.1, 0.15) is 33.1 Å². The van der Waals surface area contributed by atoms with Crippen LogP contribution in [-0.4, -0.2) is 11.0 Å². The lowest BCUT2D eigenvalue weighted by atomic mass is 10.1. The molecular weight excluding hydrogens is 242 g/mol. The summed E-state index contributed by atoms with van der Waals surface area (Å²) in [6.07, 6.45) is 2.40. The Morgan fingerprint density at radius 3 is 2.28 bits per heavy atom. The Morgan fingerprint density at radius 2 is 1.89 bits per heavy atom. The molecule has 0 spiro atoms. The summed E-state index contributed by atoms with van der Waals surface area (Å²) >= 11 is 0. The number of benzene rings is 1. The second kappa shape index (κ2) is 6.28. The van der Waals surface area contributed by atoms with Crippen molar-refractivity contribution in [3.63, 3.8) is 0 Å². The lowest BCUT2D eigenvalue weighted by molar-refractivity contribution is -0.385. The summed E-state index contributed by atoms with van der Waals surface area (Å²) in [5.74, 6) is -1.87. The highest BCUT2D eigenvalue weighted by atomic mass is 19.1. The predicted octanol–water partition coefficient (Wildman–Crippen LogP) is 3.86. The van der Waals surface area contributed by atoms with Gasteiger partial charge in [-0.1, -0.05) is 20.3 Å². The number of anilines is 1. The molecule has 4 nitrogen and oxygen atoms in total. The summed E-state index contributed by atoms with van der Waals surface area (Å²) in [4.78, 5) is 9.63. The standard InChI is InChI=1S/C12H16F2N2O2/c1-3-5-8(4-2)15-12-10(13)6-9(16(17)18)7-11(12)14/h6-8,15H,3-5H2,1-2H3. The minimum atomic E-state index is -0.934. The third kappa shape index (κ3) is 3.38. The monoisotopic (exact) mass is 258 g/mol. The highest BCUT2D eigenvalue weighted by Crippen LogP contribution is 2.26. The Bertz CT molecular complexity index is 415. The number of halogens is 2. The number of nitro benzene ring substituents is 1. The molecule has 6 heteroatoms. The molecule has 0 saturated heterocycles. The van der Waals surface area contributed by atoms with Gasteiger partial charge in [0.25, 0.3) is 5.69 Å². The van der Waals surface area contributed by atoms with Gasteiger partial charge in [-0.25, -0.2) is 8.78 Å². The van der Waals surface area contributed by atoms with Gasteiger partial charge in [-0.15, -0.1) is 0 Å². The number of hydrogen-bond acceptors (Lipinski definition) is 3. The van der Waals surface area contributed by atoms with Gasteiger partial charge in [-0.05, 0) is 12.8 Å². The average Bonchev–Trinajstić information content (AvgIpc) is 2.31. The van der Waals surface area contributed by atoms with Gasteiger partial charge in [0.1, 0.15) is 5.69 Å². The molecule has 0 bridgehead atoms. The van der Waals surface area contributed by atoms with Crippen LogP contribution in [-0.2, 0) is 0 Å². The van der Waals surface area contributed by atoms with Gasteiger partial charge in [-0.2, -0.15) is 0 Å². The predicted molar refractivity (Wildman–Crippen MR) is 65.6 cm³/mol. The minimum absolute atomic E-state index is 0.0412. The Labute approximate surface area is 104 Å². The SMILES string of the molecule is CCCC(CC)Nc1c(F)cc([N+](=O)[O-])cc1F. The molecule has 18 heavy (non-hydrogen) atoms. The Hall–Kier alpha value is -1.72. The van der Waals surface area contributed by atoms with Crippen LogP contribution in [0.5, 0.6) is 0 Å². The van der Waals surface area contributed by atoms with Crippen LogP contribution in [0.25, 0.3) is 0 Å². The maximum Gasteiger partial charge on any atom is 0.275 e. The maximum atomic E-state index is 13.6. The second-order valence-corrected chi connectivity index (χ2v) is 4.08. The van der Waals surface area contributed by atoms with E-state index in [0.29, 0.717) is 0 Å². The Morgan fingerprint density at radius 1 is 1.33 bits per heavy atom. The van der Waals surface area contributed by atoms with Gasteiger partial charge in [0.2, 0.25) is 0 Å². The Kier molecular flexibility index (Phi) is 5.00. The molecule has 0 aliphatic carbocycles. The summed E-state index contributed by atoms with van der Waals surface area (Å²) in [5.41, 5.74) is -0.875. The summed E-state index contributed by atoms with van der Waals surface area (Å²) in [7, 11) is 0. The number of non-ortho nitro benzene ring substituents is 1. The lowest BCUT2D eigenvalue weighted by Gasteiger charge is -2.18. The summed E-state index contributed by atoms with van der Waals surface area (Å²) in [6.45, 7) is 3.89. The van der Waals surface area contributed by atoms with E-state index in [4.69, 9.17) is 0 Å². The molecule has 1 atom stereocenters. The molecule has 1 unspecified atom stereocenters. The van der Waals surface area contributed by atoms with E-state index >= 15 is 0 Å². The molecule has 0 heterocycles. The van der Waals surface area contributed by atoms with E-state index in [1.165, 1.54) is 0 Å². The third-order valence-electron chi connectivity index (χ3n) is 2.72. The summed E-state index contributed by atoms with van der Waals surface area (Å²) in [6, 6.07) is 1.41. The van der Waals surface area contributed by atoms with Crippen molar-refractivity contribution in [2.45, 2.75) is 39.2 Å². The highest BCUT2D eigenvalue weighted by Gasteiger charge is 2.18. The zero-order valence-corrected chi connectivity index (χ0v) is 10.4. The van der Waals surface area contributed by atoms with E-state index in [2.05, 4.69) is 5.32 Å². The Balaban J connectivity index is 2.99. The first-order valence-electron chi connectivity index (χ1n) is 5.89. The van der Waals surface area contributed by atoms with E-state index < -0.39 is 22.2 Å². The zero-order chi connectivity index (χ0) is 13.7. The van der Waals surface area contributed by atoms with Gasteiger partial charge >= 0.3 is 0 Å². The molecule has 0 aliphatic heterocycles. The molecule has 1 aromatic carbocycles. The molecular formula is C12H16F2N2O2. The highest BCUT2D eigenvalue weighted by molar-refractivity contribution is 5.52. The average molecular weight is 258 g/mol. The van der Waals surface area contributed by atoms with Crippen molar-refractivity contribution >= 4 is 11.4 Å². The van der Waals surface area contributed by atoms with Crippen LogP contribution in [0.4, 0.5) is 20.2 Å². The molecule has 1 N–H and O–H groups in total. The van der Waals surface area contributed by atoms with Gasteiger partial charge in [0.05, 0.1) is 17.1 Å². The molecule has 0 radical (unpaired) electrons. The lowest BCUT2D eigenvalue weighted by Crippen LogP contribution is -2.19. The van der Waals surface area contributed by atoms with Crippen molar-refractivity contribution < 1.29 is 13.7 Å². The number of nitrogens with one attached hydrogen (secondary N) is 1. The van der Waals surface area contributed by atoms with Crippen LogP contribution >= 0.6 is 0 Å².